The van der Waals surface area contributed by atoms with Crippen LogP contribution in [0.5, 0.6) is 5.75 Å². The summed E-state index contributed by atoms with van der Waals surface area (Å²) in [4.78, 5) is 10.9. The Kier molecular flexibility index (Phi) is 4.24. The van der Waals surface area contributed by atoms with Crippen LogP contribution in [-0.2, 0) is 0 Å². The van der Waals surface area contributed by atoms with E-state index in [0.29, 0.717) is 18.3 Å². The first kappa shape index (κ1) is 14.3. The Bertz CT molecular complexity index is 614. The minimum atomic E-state index is 0.461. The molecule has 20 heavy (non-hydrogen) atoms. The number of hydrogen-bond acceptors (Lipinski definition) is 6. The second kappa shape index (κ2) is 5.92. The third-order valence-corrected chi connectivity index (χ3v) is 3.27. The van der Waals surface area contributed by atoms with Gasteiger partial charge >= 0.3 is 0 Å². The Morgan fingerprint density at radius 2 is 2.05 bits per heavy atom. The number of anilines is 2. The lowest BCUT2D eigenvalue weighted by molar-refractivity contribution is 0.412. The van der Waals surface area contributed by atoms with Crippen LogP contribution in [0.4, 0.5) is 11.8 Å². The molecule has 108 valence electrons. The van der Waals surface area contributed by atoms with Crippen molar-refractivity contribution in [3.63, 3.8) is 0 Å². The van der Waals surface area contributed by atoms with Crippen LogP contribution >= 0.6 is 0 Å². The van der Waals surface area contributed by atoms with Gasteiger partial charge < -0.3 is 21.1 Å². The zero-order valence-corrected chi connectivity index (χ0v) is 12.2. The molecular weight excluding hydrogens is 254 g/mol. The first-order chi connectivity index (χ1) is 9.56. The Morgan fingerprint density at radius 1 is 1.30 bits per heavy atom. The van der Waals surface area contributed by atoms with Crippen LogP contribution in [-0.4, -0.2) is 37.2 Å². The Balaban J connectivity index is 2.46. The smallest absolute Gasteiger partial charge is 0.227 e. The second-order valence-corrected chi connectivity index (χ2v) is 4.81. The van der Waals surface area contributed by atoms with E-state index < -0.39 is 0 Å². The third-order valence-electron chi connectivity index (χ3n) is 3.27. The van der Waals surface area contributed by atoms with Crippen LogP contribution in [0.3, 0.4) is 0 Å². The summed E-state index contributed by atoms with van der Waals surface area (Å²) < 4.78 is 5.30. The molecule has 0 aliphatic heterocycles. The third kappa shape index (κ3) is 2.75. The minimum absolute atomic E-state index is 0.461. The van der Waals surface area contributed by atoms with Gasteiger partial charge in [0.2, 0.25) is 5.95 Å². The monoisotopic (exact) mass is 275 g/mol. The normalized spacial score (nSPS) is 10.8. The van der Waals surface area contributed by atoms with Crippen molar-refractivity contribution in [1.29, 1.82) is 0 Å². The number of benzene rings is 1. The molecule has 6 nitrogen and oxygen atoms in total. The number of nitrogens with two attached hydrogens (primary N) is 2. The van der Waals surface area contributed by atoms with Crippen molar-refractivity contribution in [3.8, 4) is 5.75 Å². The van der Waals surface area contributed by atoms with Crippen LogP contribution in [0.1, 0.15) is 12.0 Å². The summed E-state index contributed by atoms with van der Waals surface area (Å²) in [6, 6.07) is 3.84. The van der Waals surface area contributed by atoms with Gasteiger partial charge in [0.15, 0.2) is 0 Å². The van der Waals surface area contributed by atoms with Gasteiger partial charge in [0, 0.05) is 19.0 Å². The molecule has 0 bridgehead atoms. The van der Waals surface area contributed by atoms with Crippen LogP contribution in [0, 0.1) is 6.92 Å². The molecule has 1 aromatic heterocycles. The molecule has 6 heteroatoms. The first-order valence-corrected chi connectivity index (χ1v) is 6.60. The lowest BCUT2D eigenvalue weighted by Gasteiger charge is -2.18. The lowest BCUT2D eigenvalue weighted by atomic mass is 10.1. The van der Waals surface area contributed by atoms with Gasteiger partial charge in [-0.1, -0.05) is 0 Å². The number of hydrogen-bond donors (Lipinski definition) is 2. The number of aryl methyl sites for hydroxylation is 1. The van der Waals surface area contributed by atoms with Crippen molar-refractivity contribution in [1.82, 2.24) is 9.97 Å². The van der Waals surface area contributed by atoms with E-state index in [2.05, 4.69) is 9.97 Å². The molecule has 0 radical (unpaired) electrons. The molecular formula is C14H21N5O. The van der Waals surface area contributed by atoms with Crippen LogP contribution in [0.15, 0.2) is 12.1 Å². The summed E-state index contributed by atoms with van der Waals surface area (Å²) in [6.45, 7) is 3.43. The number of rotatable bonds is 5. The molecule has 0 unspecified atom stereocenters. The number of nitrogens with zero attached hydrogens (tertiary/aromatic N) is 3. The van der Waals surface area contributed by atoms with Gasteiger partial charge in [0.25, 0.3) is 0 Å². The van der Waals surface area contributed by atoms with Crippen molar-refractivity contribution in [2.45, 2.75) is 13.3 Å². The quantitative estimate of drug-likeness (QED) is 0.855. The molecule has 4 N–H and O–H groups in total. The highest BCUT2D eigenvalue weighted by Gasteiger charge is 2.11. The number of ether oxygens (including phenoxy) is 1. The Hall–Kier alpha value is -2.08. The Labute approximate surface area is 118 Å². The maximum Gasteiger partial charge on any atom is 0.227 e. The predicted molar refractivity (Wildman–Crippen MR) is 82.2 cm³/mol. The van der Waals surface area contributed by atoms with Gasteiger partial charge in [0.1, 0.15) is 11.6 Å². The zero-order valence-electron chi connectivity index (χ0n) is 12.2. The van der Waals surface area contributed by atoms with Gasteiger partial charge in [-0.3, -0.25) is 0 Å². The highest BCUT2D eigenvalue weighted by atomic mass is 16.5. The maximum atomic E-state index is 6.04. The van der Waals surface area contributed by atoms with Crippen molar-refractivity contribution in [2.24, 2.45) is 5.73 Å². The summed E-state index contributed by atoms with van der Waals surface area (Å²) in [5, 5.41) is 0.809. The SMILES string of the molecule is COc1cc2c(N)nc(N(C)CCCN)nc2cc1C. The van der Waals surface area contributed by atoms with E-state index in [4.69, 9.17) is 16.2 Å². The molecule has 0 saturated carbocycles. The molecule has 1 heterocycles. The summed E-state index contributed by atoms with van der Waals surface area (Å²) in [5.41, 5.74) is 13.4. The largest absolute Gasteiger partial charge is 0.496 e. The molecule has 2 rings (SSSR count). The van der Waals surface area contributed by atoms with E-state index in [0.717, 1.165) is 35.2 Å². The fourth-order valence-electron chi connectivity index (χ4n) is 2.09. The van der Waals surface area contributed by atoms with Crippen molar-refractivity contribution in [3.05, 3.63) is 17.7 Å². The van der Waals surface area contributed by atoms with E-state index in [1.165, 1.54) is 0 Å². The molecule has 0 fully saturated rings. The molecule has 1 aromatic carbocycles. The summed E-state index contributed by atoms with van der Waals surface area (Å²) >= 11 is 0. The number of methoxy groups -OCH3 is 1. The maximum absolute atomic E-state index is 6.04. The summed E-state index contributed by atoms with van der Waals surface area (Å²) in [6.07, 6.45) is 0.888. The van der Waals surface area contributed by atoms with Gasteiger partial charge in [-0.15, -0.1) is 0 Å². The summed E-state index contributed by atoms with van der Waals surface area (Å²) in [5.74, 6) is 1.87. The van der Waals surface area contributed by atoms with Gasteiger partial charge in [0.05, 0.1) is 12.6 Å². The summed E-state index contributed by atoms with van der Waals surface area (Å²) in [7, 11) is 3.58. The average Bonchev–Trinajstić information content (AvgIpc) is 2.43. The molecule has 0 spiro atoms. The predicted octanol–water partition coefficient (Wildman–Crippen LogP) is 1.31. The average molecular weight is 275 g/mol. The van der Waals surface area contributed by atoms with E-state index in [9.17, 15) is 0 Å². The minimum Gasteiger partial charge on any atom is -0.496 e. The van der Waals surface area contributed by atoms with Crippen LogP contribution < -0.4 is 21.1 Å². The number of nitrogen functional groups attached to an aromatic ring is 1. The molecule has 0 aliphatic carbocycles. The molecule has 0 saturated heterocycles. The molecule has 0 aliphatic rings. The number of aromatic nitrogens is 2. The van der Waals surface area contributed by atoms with E-state index in [1.54, 1.807) is 7.11 Å². The second-order valence-electron chi connectivity index (χ2n) is 4.81. The number of fused-ring (bicyclic) bond motifs is 1. The fourth-order valence-corrected chi connectivity index (χ4v) is 2.09. The molecule has 0 atom stereocenters. The van der Waals surface area contributed by atoms with E-state index in [1.807, 2.05) is 31.0 Å². The van der Waals surface area contributed by atoms with Crippen LogP contribution in [0.2, 0.25) is 0 Å². The topological polar surface area (TPSA) is 90.3 Å². The standard InChI is InChI=1S/C14H21N5O/c1-9-7-11-10(8-12(9)20-3)13(16)18-14(17-11)19(2)6-4-5-15/h7-8H,4-6,15H2,1-3H3,(H2,16,17,18). The lowest BCUT2D eigenvalue weighted by Crippen LogP contribution is -2.23. The zero-order chi connectivity index (χ0) is 14.7. The molecule has 0 amide bonds. The van der Waals surface area contributed by atoms with Crippen molar-refractivity contribution >= 4 is 22.7 Å². The van der Waals surface area contributed by atoms with Crippen molar-refractivity contribution in [2.75, 3.05) is 37.9 Å². The van der Waals surface area contributed by atoms with E-state index in [-0.39, 0.29) is 0 Å². The van der Waals surface area contributed by atoms with Gasteiger partial charge in [-0.25, -0.2) is 4.98 Å². The highest BCUT2D eigenvalue weighted by molar-refractivity contribution is 5.91. The first-order valence-electron chi connectivity index (χ1n) is 6.60. The van der Waals surface area contributed by atoms with Crippen LogP contribution in [0.25, 0.3) is 10.9 Å². The Morgan fingerprint density at radius 3 is 2.70 bits per heavy atom. The van der Waals surface area contributed by atoms with Gasteiger partial charge in [-0.05, 0) is 37.6 Å². The highest BCUT2D eigenvalue weighted by Crippen LogP contribution is 2.28. The van der Waals surface area contributed by atoms with E-state index >= 15 is 0 Å². The van der Waals surface area contributed by atoms with Crippen molar-refractivity contribution < 1.29 is 4.74 Å². The van der Waals surface area contributed by atoms with Gasteiger partial charge in [-0.2, -0.15) is 4.98 Å². The fraction of sp³-hybridized carbons (Fsp3) is 0.429. The molecule has 2 aromatic rings.